The molecular weight excluding hydrogens is 214 g/mol. The van der Waals surface area contributed by atoms with Gasteiger partial charge in [-0.2, -0.15) is 5.10 Å². The van der Waals surface area contributed by atoms with Crippen LogP contribution in [0.3, 0.4) is 0 Å². The fraction of sp³-hybridized carbons (Fsp3) is 0.769. The van der Waals surface area contributed by atoms with Gasteiger partial charge in [-0.05, 0) is 39.7 Å². The number of rotatable bonds is 5. The number of aromatic nitrogens is 2. The van der Waals surface area contributed by atoms with Crippen LogP contribution in [-0.2, 0) is 18.3 Å². The zero-order valence-corrected chi connectivity index (χ0v) is 11.1. The molecule has 0 spiro atoms. The molecule has 96 valence electrons. The van der Waals surface area contributed by atoms with Crippen molar-refractivity contribution in [2.45, 2.75) is 45.8 Å². The average molecular weight is 237 g/mol. The van der Waals surface area contributed by atoms with E-state index in [0.717, 1.165) is 31.8 Å². The summed E-state index contributed by atoms with van der Waals surface area (Å²) in [6.07, 6.45) is 4.06. The van der Waals surface area contributed by atoms with Crippen LogP contribution in [0.5, 0.6) is 0 Å². The van der Waals surface area contributed by atoms with Gasteiger partial charge in [0.1, 0.15) is 0 Å². The van der Waals surface area contributed by atoms with Crippen molar-refractivity contribution in [1.82, 2.24) is 15.1 Å². The SMILES string of the molecule is Cc1nn(C)c(C)c1CNCCC1CCCO1. The van der Waals surface area contributed by atoms with Crippen molar-refractivity contribution in [2.75, 3.05) is 13.2 Å². The zero-order chi connectivity index (χ0) is 12.3. The van der Waals surface area contributed by atoms with Crippen molar-refractivity contribution in [1.29, 1.82) is 0 Å². The highest BCUT2D eigenvalue weighted by Gasteiger charge is 2.14. The van der Waals surface area contributed by atoms with E-state index < -0.39 is 0 Å². The second-order valence-corrected chi connectivity index (χ2v) is 4.87. The summed E-state index contributed by atoms with van der Waals surface area (Å²) in [6.45, 7) is 7.09. The number of hydrogen-bond acceptors (Lipinski definition) is 3. The number of nitrogens with zero attached hydrogens (tertiary/aromatic N) is 2. The molecule has 0 aliphatic carbocycles. The summed E-state index contributed by atoms with van der Waals surface area (Å²) in [6, 6.07) is 0. The maximum atomic E-state index is 5.60. The van der Waals surface area contributed by atoms with Gasteiger partial charge in [-0.15, -0.1) is 0 Å². The molecule has 1 aliphatic heterocycles. The van der Waals surface area contributed by atoms with Crippen molar-refractivity contribution in [3.8, 4) is 0 Å². The van der Waals surface area contributed by atoms with Gasteiger partial charge in [0.25, 0.3) is 0 Å². The van der Waals surface area contributed by atoms with Gasteiger partial charge in [0, 0.05) is 31.5 Å². The molecule has 2 heterocycles. The lowest BCUT2D eigenvalue weighted by atomic mass is 10.1. The summed E-state index contributed by atoms with van der Waals surface area (Å²) in [5.74, 6) is 0. The number of nitrogens with one attached hydrogen (secondary N) is 1. The molecule has 2 rings (SSSR count). The van der Waals surface area contributed by atoms with Crippen LogP contribution >= 0.6 is 0 Å². The molecule has 0 radical (unpaired) electrons. The minimum absolute atomic E-state index is 0.485. The number of hydrogen-bond donors (Lipinski definition) is 1. The normalized spacial score (nSPS) is 20.1. The first-order valence-electron chi connectivity index (χ1n) is 6.50. The zero-order valence-electron chi connectivity index (χ0n) is 11.1. The summed E-state index contributed by atoms with van der Waals surface area (Å²) in [4.78, 5) is 0. The highest BCUT2D eigenvalue weighted by molar-refractivity contribution is 5.23. The lowest BCUT2D eigenvalue weighted by molar-refractivity contribution is 0.104. The second-order valence-electron chi connectivity index (χ2n) is 4.87. The maximum Gasteiger partial charge on any atom is 0.0641 e. The predicted molar refractivity (Wildman–Crippen MR) is 68.0 cm³/mol. The third kappa shape index (κ3) is 3.07. The molecule has 0 amide bonds. The van der Waals surface area contributed by atoms with E-state index in [4.69, 9.17) is 4.74 Å². The van der Waals surface area contributed by atoms with Crippen LogP contribution in [0.15, 0.2) is 0 Å². The van der Waals surface area contributed by atoms with Gasteiger partial charge in [0.2, 0.25) is 0 Å². The van der Waals surface area contributed by atoms with E-state index in [0.29, 0.717) is 6.10 Å². The summed E-state index contributed by atoms with van der Waals surface area (Å²) in [7, 11) is 2.00. The van der Waals surface area contributed by atoms with E-state index in [1.165, 1.54) is 24.1 Å². The number of aryl methyl sites for hydroxylation is 2. The first-order valence-corrected chi connectivity index (χ1v) is 6.50. The Morgan fingerprint density at radius 2 is 2.29 bits per heavy atom. The van der Waals surface area contributed by atoms with E-state index >= 15 is 0 Å². The Hall–Kier alpha value is -0.870. The van der Waals surface area contributed by atoms with Crippen LogP contribution in [0.1, 0.15) is 36.2 Å². The topological polar surface area (TPSA) is 39.1 Å². The standard InChI is InChI=1S/C13H23N3O/c1-10-13(11(2)16(3)15-10)9-14-7-6-12-5-4-8-17-12/h12,14H,4-9H2,1-3H3. The quantitative estimate of drug-likeness (QED) is 0.792. The van der Waals surface area contributed by atoms with E-state index in [-0.39, 0.29) is 0 Å². The Labute approximate surface area is 103 Å². The van der Waals surface area contributed by atoms with Crippen LogP contribution in [0.4, 0.5) is 0 Å². The van der Waals surface area contributed by atoms with Gasteiger partial charge in [0.15, 0.2) is 0 Å². The Bertz CT molecular complexity index is 367. The van der Waals surface area contributed by atoms with Crippen LogP contribution in [-0.4, -0.2) is 29.0 Å². The minimum Gasteiger partial charge on any atom is -0.378 e. The monoisotopic (exact) mass is 237 g/mol. The molecule has 1 fully saturated rings. The number of ether oxygens (including phenoxy) is 1. The summed E-state index contributed by atoms with van der Waals surface area (Å²) in [5.41, 5.74) is 3.72. The van der Waals surface area contributed by atoms with Gasteiger partial charge >= 0.3 is 0 Å². The van der Waals surface area contributed by atoms with Crippen molar-refractivity contribution in [3.05, 3.63) is 17.0 Å². The van der Waals surface area contributed by atoms with Crippen LogP contribution < -0.4 is 5.32 Å². The molecule has 4 nitrogen and oxygen atoms in total. The molecule has 1 atom stereocenters. The van der Waals surface area contributed by atoms with E-state index in [9.17, 15) is 0 Å². The molecule has 1 unspecified atom stereocenters. The highest BCUT2D eigenvalue weighted by Crippen LogP contribution is 2.15. The third-order valence-electron chi connectivity index (χ3n) is 3.63. The van der Waals surface area contributed by atoms with Crippen molar-refractivity contribution < 1.29 is 4.74 Å². The van der Waals surface area contributed by atoms with Gasteiger partial charge in [-0.25, -0.2) is 0 Å². The van der Waals surface area contributed by atoms with Crippen molar-refractivity contribution in [2.24, 2.45) is 7.05 Å². The molecule has 1 saturated heterocycles. The Morgan fingerprint density at radius 1 is 1.47 bits per heavy atom. The van der Waals surface area contributed by atoms with Crippen molar-refractivity contribution in [3.63, 3.8) is 0 Å². The first-order chi connectivity index (χ1) is 8.18. The molecule has 0 saturated carbocycles. The lowest BCUT2D eigenvalue weighted by Gasteiger charge is -2.10. The van der Waals surface area contributed by atoms with E-state index in [2.05, 4.69) is 24.3 Å². The van der Waals surface area contributed by atoms with Crippen LogP contribution in [0.25, 0.3) is 0 Å². The minimum atomic E-state index is 0.485. The van der Waals surface area contributed by atoms with Crippen molar-refractivity contribution >= 4 is 0 Å². The third-order valence-corrected chi connectivity index (χ3v) is 3.63. The maximum absolute atomic E-state index is 5.60. The van der Waals surface area contributed by atoms with Crippen LogP contribution in [0, 0.1) is 13.8 Å². The molecule has 17 heavy (non-hydrogen) atoms. The van der Waals surface area contributed by atoms with Crippen LogP contribution in [0.2, 0.25) is 0 Å². The molecule has 4 heteroatoms. The molecule has 0 bridgehead atoms. The fourth-order valence-corrected chi connectivity index (χ4v) is 2.42. The molecule has 1 N–H and O–H groups in total. The first kappa shape index (κ1) is 12.6. The molecule has 1 aromatic rings. The van der Waals surface area contributed by atoms with Gasteiger partial charge in [0.05, 0.1) is 11.8 Å². The second kappa shape index (κ2) is 5.65. The molecule has 1 aliphatic rings. The molecule has 0 aromatic carbocycles. The summed E-state index contributed by atoms with van der Waals surface area (Å²) < 4.78 is 7.55. The largest absolute Gasteiger partial charge is 0.378 e. The van der Waals surface area contributed by atoms with Gasteiger partial charge < -0.3 is 10.1 Å². The molecule has 1 aromatic heterocycles. The Balaban J connectivity index is 1.74. The average Bonchev–Trinajstić information content (AvgIpc) is 2.87. The fourth-order valence-electron chi connectivity index (χ4n) is 2.42. The summed E-state index contributed by atoms with van der Waals surface area (Å²) in [5, 5.41) is 7.91. The Morgan fingerprint density at radius 3 is 2.88 bits per heavy atom. The van der Waals surface area contributed by atoms with Gasteiger partial charge in [-0.1, -0.05) is 0 Å². The highest BCUT2D eigenvalue weighted by atomic mass is 16.5. The van der Waals surface area contributed by atoms with E-state index in [1.54, 1.807) is 0 Å². The smallest absolute Gasteiger partial charge is 0.0641 e. The summed E-state index contributed by atoms with van der Waals surface area (Å²) >= 11 is 0. The lowest BCUT2D eigenvalue weighted by Crippen LogP contribution is -2.20. The van der Waals surface area contributed by atoms with E-state index in [1.807, 2.05) is 11.7 Å². The molecular formula is C13H23N3O. The van der Waals surface area contributed by atoms with Gasteiger partial charge in [-0.3, -0.25) is 4.68 Å². The Kier molecular flexibility index (Phi) is 4.18. The predicted octanol–water partition coefficient (Wildman–Crippen LogP) is 1.70.